The summed E-state index contributed by atoms with van der Waals surface area (Å²) in [7, 11) is 0. The van der Waals surface area contributed by atoms with E-state index in [1.165, 1.54) is 5.56 Å². The number of nitrogens with zero attached hydrogens (tertiary/aromatic N) is 1. The largest absolute Gasteiger partial charge is 1.00 e. The van der Waals surface area contributed by atoms with Crippen LogP contribution in [0.3, 0.4) is 0 Å². The van der Waals surface area contributed by atoms with Gasteiger partial charge in [0.2, 0.25) is 0 Å². The number of benzene rings is 2. The minimum Gasteiger partial charge on any atom is -0.520 e. The predicted molar refractivity (Wildman–Crippen MR) is 186 cm³/mol. The van der Waals surface area contributed by atoms with E-state index in [-0.39, 0.29) is 122 Å². The second-order valence-electron chi connectivity index (χ2n) is 8.33. The molecule has 2 aromatic carbocycles. The number of pyridine rings is 1. The van der Waals surface area contributed by atoms with Crippen LogP contribution in [-0.4, -0.2) is 16.4 Å². The molecule has 0 radical (unpaired) electrons. The Morgan fingerprint density at radius 1 is 1.02 bits per heavy atom. The van der Waals surface area contributed by atoms with Gasteiger partial charge in [-0.05, 0) is 43.7 Å². The van der Waals surface area contributed by atoms with Crippen LogP contribution in [0.1, 0.15) is 58.6 Å². The molecule has 6 heteroatoms. The topological polar surface area (TPSA) is 62.2 Å². The van der Waals surface area contributed by atoms with E-state index in [9.17, 15) is 9.90 Å². The van der Waals surface area contributed by atoms with Crippen LogP contribution in [0.2, 0.25) is 0 Å². The first-order valence-electron chi connectivity index (χ1n) is 13.5. The molecule has 2 N–H and O–H groups in total. The second-order valence-corrected chi connectivity index (χ2v) is 8.33. The van der Waals surface area contributed by atoms with Gasteiger partial charge in [-0.15, -0.1) is 11.6 Å². The molecule has 4 nitrogen and oxygen atoms in total. The first kappa shape index (κ1) is 52.6. The van der Waals surface area contributed by atoms with E-state index in [1.54, 1.807) is 43.6 Å². The standard InChI is InChI=1S/C19H15NO2.C10H13N.2C3H7.C2H5.CH3.2K/c1-3-14(4-2)10-17(13-21)18-8-7-15(11-19(18)22)16-6-5-9-20-12-16;1-8(2)11-10-6-4-9(3)5-7-10;2*1-3-2;1-2;;;/h4-12,22H,1H2,2H3;4-7,11H,1H2,2-3H3;2*1,3H2,2H3;1H2,2H3;1H3;;/q-2;;4*-1;2*+1/b14-4+,17-10+;;;;;;;. The Morgan fingerprint density at radius 3 is 1.95 bits per heavy atom. The normalized spacial score (nSPS) is 9.30. The van der Waals surface area contributed by atoms with Crippen LogP contribution in [0.4, 0.5) is 5.69 Å². The summed E-state index contributed by atoms with van der Waals surface area (Å²) in [6.07, 6.45) is 13.3. The van der Waals surface area contributed by atoms with E-state index in [1.807, 2.05) is 64.3 Å². The van der Waals surface area contributed by atoms with Crippen LogP contribution in [0.15, 0.2) is 104 Å². The molecular formula is C38H50K2N2O2-4. The van der Waals surface area contributed by atoms with Gasteiger partial charge in [0.1, 0.15) is 0 Å². The van der Waals surface area contributed by atoms with Gasteiger partial charge in [0.15, 0.2) is 0 Å². The summed E-state index contributed by atoms with van der Waals surface area (Å²) in [4.78, 5) is 15.2. The number of aromatic nitrogens is 1. The van der Waals surface area contributed by atoms with Gasteiger partial charge >= 0.3 is 103 Å². The van der Waals surface area contributed by atoms with Crippen molar-refractivity contribution in [1.29, 1.82) is 0 Å². The molecule has 0 aliphatic heterocycles. The van der Waals surface area contributed by atoms with E-state index >= 15 is 0 Å². The number of hydrogen-bond donors (Lipinski definition) is 2. The zero-order valence-electron chi connectivity index (χ0n) is 28.8. The fourth-order valence-electron chi connectivity index (χ4n) is 2.91. The van der Waals surface area contributed by atoms with E-state index < -0.39 is 0 Å². The molecule has 1 heterocycles. The van der Waals surface area contributed by atoms with Gasteiger partial charge in [-0.1, -0.05) is 62.7 Å². The fraction of sp³-hybridized carbons (Fsp3) is 0.211. The molecule has 0 bridgehead atoms. The van der Waals surface area contributed by atoms with Crippen molar-refractivity contribution in [3.05, 3.63) is 149 Å². The molecule has 0 amide bonds. The first-order valence-corrected chi connectivity index (χ1v) is 13.5. The molecule has 1 aromatic heterocycles. The van der Waals surface area contributed by atoms with E-state index in [4.69, 9.17) is 0 Å². The van der Waals surface area contributed by atoms with Crippen molar-refractivity contribution in [2.24, 2.45) is 0 Å². The Kier molecular flexibility index (Phi) is 41.8. The van der Waals surface area contributed by atoms with Crippen LogP contribution >= 0.6 is 0 Å². The summed E-state index contributed by atoms with van der Waals surface area (Å²) < 4.78 is 0. The number of phenols is 1. The number of allylic oxidation sites excluding steroid dienone is 6. The Morgan fingerprint density at radius 2 is 1.57 bits per heavy atom. The number of carbonyl (C=O) groups excluding carboxylic acids is 1. The third kappa shape index (κ3) is 24.3. The van der Waals surface area contributed by atoms with E-state index in [0.29, 0.717) is 11.1 Å². The Balaban J connectivity index is -0.000000195. The van der Waals surface area contributed by atoms with Crippen LogP contribution in [0.5, 0.6) is 5.75 Å². The number of nitrogens with one attached hydrogen (secondary N) is 1. The molecule has 0 fully saturated rings. The monoisotopic (exact) mass is 644 g/mol. The molecule has 0 aliphatic carbocycles. The first-order chi connectivity index (χ1) is 19.7. The minimum absolute atomic E-state index is 0. The van der Waals surface area contributed by atoms with Gasteiger partial charge in [-0.25, -0.2) is 0 Å². The number of phenolic OH excluding ortho intramolecular Hbond substituents is 1. The zero-order chi connectivity index (χ0) is 31.6. The molecule has 0 saturated heterocycles. The second kappa shape index (κ2) is 35.0. The maximum absolute atomic E-state index is 11.2. The van der Waals surface area contributed by atoms with Crippen LogP contribution in [0, 0.1) is 41.2 Å². The summed E-state index contributed by atoms with van der Waals surface area (Å²) in [5, 5.41) is 13.4. The molecule has 3 aromatic rings. The smallest absolute Gasteiger partial charge is 0.520 e. The summed E-state index contributed by atoms with van der Waals surface area (Å²) in [6.45, 7) is 29.1. The third-order valence-electron chi connectivity index (χ3n) is 4.62. The molecule has 3 rings (SSSR count). The zero-order valence-corrected chi connectivity index (χ0v) is 35.0. The average Bonchev–Trinajstić information content (AvgIpc) is 2.98. The van der Waals surface area contributed by atoms with Crippen LogP contribution < -0.4 is 108 Å². The molecule has 0 aliphatic rings. The fourth-order valence-corrected chi connectivity index (χ4v) is 2.91. The third-order valence-corrected chi connectivity index (χ3v) is 4.62. The van der Waals surface area contributed by atoms with Crippen LogP contribution in [-0.2, 0) is 4.79 Å². The van der Waals surface area contributed by atoms with Crippen molar-refractivity contribution < 1.29 is 113 Å². The van der Waals surface area contributed by atoms with Gasteiger partial charge in [0.25, 0.3) is 0 Å². The maximum atomic E-state index is 11.2. The minimum atomic E-state index is 0. The Bertz CT molecular complexity index is 1200. The number of aryl methyl sites for hydroxylation is 1. The molecule has 44 heavy (non-hydrogen) atoms. The van der Waals surface area contributed by atoms with Gasteiger partial charge in [0, 0.05) is 29.3 Å². The number of hydrogen-bond acceptors (Lipinski definition) is 4. The molecule has 0 spiro atoms. The van der Waals surface area contributed by atoms with E-state index in [2.05, 4.69) is 69.4 Å². The summed E-state index contributed by atoms with van der Waals surface area (Å²) >= 11 is 0. The summed E-state index contributed by atoms with van der Waals surface area (Å²) in [5.74, 6) is 0.00969. The number of anilines is 1. The van der Waals surface area contributed by atoms with Crippen molar-refractivity contribution in [1.82, 2.24) is 4.98 Å². The van der Waals surface area contributed by atoms with Gasteiger partial charge in [0.05, 0.1) is 12.0 Å². The van der Waals surface area contributed by atoms with Crippen molar-refractivity contribution >= 4 is 17.5 Å². The molecule has 0 atom stereocenters. The average molecular weight is 645 g/mol. The summed E-state index contributed by atoms with van der Waals surface area (Å²) in [6, 6.07) is 17.1. The van der Waals surface area contributed by atoms with Gasteiger partial charge < -0.3 is 43.4 Å². The molecular weight excluding hydrogens is 595 g/mol. The maximum Gasteiger partial charge on any atom is 1.00 e. The van der Waals surface area contributed by atoms with Crippen molar-refractivity contribution in [2.75, 3.05) is 5.32 Å². The van der Waals surface area contributed by atoms with Crippen molar-refractivity contribution in [3.8, 4) is 16.9 Å². The number of aromatic hydroxyl groups is 1. The summed E-state index contributed by atoms with van der Waals surface area (Å²) in [5.41, 5.74) is 6.37. The Labute approximate surface area is 355 Å². The van der Waals surface area contributed by atoms with Crippen molar-refractivity contribution in [3.63, 3.8) is 0 Å². The molecule has 0 unspecified atom stereocenters. The molecule has 230 valence electrons. The SMILES string of the molecule is C=C(C)Nc1ccc(C)cc1.C=[C-]C(/C=C(\[C-]=O)c1ccc(-c2cccnc2)cc1O)=C\C.[CH2-]C.[CH2-]CC.[CH2-]CC.[CH3-].[K+].[K+]. The van der Waals surface area contributed by atoms with E-state index in [0.717, 1.165) is 35.4 Å². The Hall–Kier alpha value is -0.907. The van der Waals surface area contributed by atoms with Gasteiger partial charge in [-0.3, -0.25) is 4.98 Å². The molecule has 0 saturated carbocycles. The number of rotatable bonds is 7. The van der Waals surface area contributed by atoms with Gasteiger partial charge in [-0.2, -0.15) is 50.1 Å². The quantitative estimate of drug-likeness (QED) is 0.171. The predicted octanol–water partition coefficient (Wildman–Crippen LogP) is 4.58. The van der Waals surface area contributed by atoms with Crippen LogP contribution in [0.25, 0.3) is 16.7 Å². The van der Waals surface area contributed by atoms with Crippen molar-refractivity contribution in [2.45, 2.75) is 54.4 Å².